The summed E-state index contributed by atoms with van der Waals surface area (Å²) in [5, 5.41) is 3.74. The summed E-state index contributed by atoms with van der Waals surface area (Å²) in [6, 6.07) is 9.70. The molecule has 0 aliphatic heterocycles. The lowest BCUT2D eigenvalue weighted by Crippen LogP contribution is -2.15. The summed E-state index contributed by atoms with van der Waals surface area (Å²) in [7, 11) is 0. The molecule has 0 amide bonds. The Bertz CT molecular complexity index is 618. The molecular weight excluding hydrogens is 280 g/mol. The van der Waals surface area contributed by atoms with E-state index in [0.29, 0.717) is 16.6 Å². The summed E-state index contributed by atoms with van der Waals surface area (Å²) >= 11 is 6.18. The minimum Gasteiger partial charge on any atom is -0.310 e. The van der Waals surface area contributed by atoms with E-state index in [1.54, 1.807) is 12.1 Å². The monoisotopic (exact) mass is 293 g/mol. The smallest absolute Gasteiger partial charge is 0.134 e. The molecular formula is C16H14ClF2N. The third-order valence-electron chi connectivity index (χ3n) is 3.44. The molecule has 0 saturated heterocycles. The van der Waals surface area contributed by atoms with Crippen molar-refractivity contribution in [2.75, 3.05) is 0 Å². The van der Waals surface area contributed by atoms with Crippen molar-refractivity contribution >= 4 is 11.6 Å². The summed E-state index contributed by atoms with van der Waals surface area (Å²) in [6.07, 6.45) is 2.43. The van der Waals surface area contributed by atoms with Crippen LogP contribution in [-0.4, -0.2) is 6.04 Å². The third kappa shape index (κ3) is 2.84. The Hall–Kier alpha value is -1.45. The van der Waals surface area contributed by atoms with Crippen LogP contribution in [0.1, 0.15) is 18.4 Å². The summed E-state index contributed by atoms with van der Waals surface area (Å²) in [5.41, 5.74) is 1.33. The van der Waals surface area contributed by atoms with Gasteiger partial charge in [0.15, 0.2) is 0 Å². The first kappa shape index (κ1) is 13.5. The molecule has 1 N–H and O–H groups in total. The van der Waals surface area contributed by atoms with Crippen LogP contribution in [0, 0.1) is 11.6 Å². The fraction of sp³-hybridized carbons (Fsp3) is 0.250. The Balaban J connectivity index is 1.90. The van der Waals surface area contributed by atoms with Crippen molar-refractivity contribution in [3.8, 4) is 11.1 Å². The molecule has 0 atom stereocenters. The molecule has 104 valence electrons. The predicted octanol–water partition coefficient (Wildman–Crippen LogP) is 4.54. The molecule has 2 aromatic carbocycles. The first-order chi connectivity index (χ1) is 9.65. The quantitative estimate of drug-likeness (QED) is 0.873. The van der Waals surface area contributed by atoms with E-state index in [2.05, 4.69) is 5.32 Å². The molecule has 3 rings (SSSR count). The van der Waals surface area contributed by atoms with E-state index in [0.717, 1.165) is 12.1 Å². The maximum atomic E-state index is 13.8. The predicted molar refractivity (Wildman–Crippen MR) is 76.7 cm³/mol. The second-order valence-electron chi connectivity index (χ2n) is 5.07. The average Bonchev–Trinajstić information content (AvgIpc) is 3.22. The summed E-state index contributed by atoms with van der Waals surface area (Å²) in [5.74, 6) is -1.20. The van der Waals surface area contributed by atoms with Crippen molar-refractivity contribution in [3.05, 3.63) is 58.6 Å². The van der Waals surface area contributed by atoms with E-state index in [-0.39, 0.29) is 5.56 Å². The molecule has 1 nitrogen and oxygen atoms in total. The van der Waals surface area contributed by atoms with Gasteiger partial charge in [-0.2, -0.15) is 0 Å². The fourth-order valence-electron chi connectivity index (χ4n) is 2.18. The average molecular weight is 294 g/mol. The lowest BCUT2D eigenvalue weighted by atomic mass is 10.0. The van der Waals surface area contributed by atoms with E-state index in [1.807, 2.05) is 6.07 Å². The van der Waals surface area contributed by atoms with Gasteiger partial charge in [0.2, 0.25) is 0 Å². The fourth-order valence-corrected chi connectivity index (χ4v) is 2.47. The van der Waals surface area contributed by atoms with Crippen LogP contribution in [0.3, 0.4) is 0 Å². The SMILES string of the molecule is Fc1cccc(F)c1-c1ccc(CNC2CC2)cc1Cl. The first-order valence-electron chi connectivity index (χ1n) is 6.61. The molecule has 2 aromatic rings. The number of benzene rings is 2. The molecule has 0 aromatic heterocycles. The molecule has 1 aliphatic rings. The lowest BCUT2D eigenvalue weighted by Gasteiger charge is -2.10. The maximum Gasteiger partial charge on any atom is 0.134 e. The van der Waals surface area contributed by atoms with Crippen LogP contribution in [0.25, 0.3) is 11.1 Å². The number of hydrogen-bond donors (Lipinski definition) is 1. The number of nitrogens with one attached hydrogen (secondary N) is 1. The highest BCUT2D eigenvalue weighted by atomic mass is 35.5. The number of hydrogen-bond acceptors (Lipinski definition) is 1. The summed E-state index contributed by atoms with van der Waals surface area (Å²) in [6.45, 7) is 0.727. The van der Waals surface area contributed by atoms with Crippen LogP contribution < -0.4 is 5.32 Å². The molecule has 1 aliphatic carbocycles. The highest BCUT2D eigenvalue weighted by Crippen LogP contribution is 2.32. The minimum absolute atomic E-state index is 0.0702. The van der Waals surface area contributed by atoms with E-state index in [1.165, 1.54) is 31.0 Å². The van der Waals surface area contributed by atoms with Crippen LogP contribution in [0.5, 0.6) is 0 Å². The highest BCUT2D eigenvalue weighted by Gasteiger charge is 2.20. The second-order valence-corrected chi connectivity index (χ2v) is 5.47. The topological polar surface area (TPSA) is 12.0 Å². The van der Waals surface area contributed by atoms with Crippen LogP contribution in [0.4, 0.5) is 8.78 Å². The number of rotatable bonds is 4. The number of halogens is 3. The van der Waals surface area contributed by atoms with E-state index in [4.69, 9.17) is 11.6 Å². The molecule has 0 bridgehead atoms. The Morgan fingerprint density at radius 1 is 1.10 bits per heavy atom. The zero-order valence-electron chi connectivity index (χ0n) is 10.8. The molecule has 0 radical (unpaired) electrons. The van der Waals surface area contributed by atoms with Crippen molar-refractivity contribution in [2.24, 2.45) is 0 Å². The van der Waals surface area contributed by atoms with Crippen molar-refractivity contribution in [1.29, 1.82) is 0 Å². The Morgan fingerprint density at radius 3 is 2.40 bits per heavy atom. The van der Waals surface area contributed by atoms with Crippen molar-refractivity contribution in [2.45, 2.75) is 25.4 Å². The molecule has 0 unspecified atom stereocenters. The molecule has 1 saturated carbocycles. The van der Waals surface area contributed by atoms with Gasteiger partial charge in [-0.05, 0) is 36.6 Å². The van der Waals surface area contributed by atoms with Gasteiger partial charge in [0.1, 0.15) is 11.6 Å². The molecule has 0 spiro atoms. The van der Waals surface area contributed by atoms with Gasteiger partial charge in [0.25, 0.3) is 0 Å². The lowest BCUT2D eigenvalue weighted by molar-refractivity contribution is 0.589. The Kier molecular flexibility index (Phi) is 3.72. The van der Waals surface area contributed by atoms with Gasteiger partial charge >= 0.3 is 0 Å². The second kappa shape index (κ2) is 5.51. The molecule has 20 heavy (non-hydrogen) atoms. The standard InChI is InChI=1S/C16H14ClF2N/c17-13-8-10(9-20-11-5-6-11)4-7-12(13)16-14(18)2-1-3-15(16)19/h1-4,7-8,11,20H,5-6,9H2. The van der Waals surface area contributed by atoms with Crippen LogP contribution in [-0.2, 0) is 6.54 Å². The van der Waals surface area contributed by atoms with Gasteiger partial charge in [-0.1, -0.05) is 29.8 Å². The highest BCUT2D eigenvalue weighted by molar-refractivity contribution is 6.33. The van der Waals surface area contributed by atoms with Gasteiger partial charge in [-0.15, -0.1) is 0 Å². The zero-order chi connectivity index (χ0) is 14.1. The van der Waals surface area contributed by atoms with E-state index < -0.39 is 11.6 Å². The third-order valence-corrected chi connectivity index (χ3v) is 3.75. The zero-order valence-corrected chi connectivity index (χ0v) is 11.6. The molecule has 4 heteroatoms. The largest absolute Gasteiger partial charge is 0.310 e. The van der Waals surface area contributed by atoms with Crippen molar-refractivity contribution < 1.29 is 8.78 Å². The molecule has 1 fully saturated rings. The van der Waals surface area contributed by atoms with Crippen LogP contribution >= 0.6 is 11.6 Å². The Labute approximate surface area is 121 Å². The minimum atomic E-state index is -0.601. The maximum absolute atomic E-state index is 13.8. The van der Waals surface area contributed by atoms with Crippen LogP contribution in [0.2, 0.25) is 5.02 Å². The van der Waals surface area contributed by atoms with Gasteiger partial charge in [-0.25, -0.2) is 8.78 Å². The van der Waals surface area contributed by atoms with E-state index in [9.17, 15) is 8.78 Å². The summed E-state index contributed by atoms with van der Waals surface area (Å²) in [4.78, 5) is 0. The van der Waals surface area contributed by atoms with Gasteiger partial charge < -0.3 is 5.32 Å². The van der Waals surface area contributed by atoms with Gasteiger partial charge in [-0.3, -0.25) is 0 Å². The van der Waals surface area contributed by atoms with Crippen molar-refractivity contribution in [1.82, 2.24) is 5.32 Å². The molecule has 0 heterocycles. The summed E-state index contributed by atoms with van der Waals surface area (Å²) < 4.78 is 27.5. The van der Waals surface area contributed by atoms with Crippen LogP contribution in [0.15, 0.2) is 36.4 Å². The normalized spacial score (nSPS) is 14.6. The van der Waals surface area contributed by atoms with Gasteiger partial charge in [0.05, 0.1) is 5.56 Å². The van der Waals surface area contributed by atoms with Crippen molar-refractivity contribution in [3.63, 3.8) is 0 Å². The Morgan fingerprint density at radius 2 is 1.80 bits per heavy atom. The first-order valence-corrected chi connectivity index (χ1v) is 6.99. The van der Waals surface area contributed by atoms with E-state index >= 15 is 0 Å². The van der Waals surface area contributed by atoms with Gasteiger partial charge in [0, 0.05) is 23.2 Å².